The highest BCUT2D eigenvalue weighted by atomic mass is 35.5. The van der Waals surface area contributed by atoms with Gasteiger partial charge in [0.05, 0.1) is 0 Å². The highest BCUT2D eigenvalue weighted by Gasteiger charge is 2.08. The second-order valence-electron chi connectivity index (χ2n) is 3.20. The smallest absolute Gasteiger partial charge is 0.185 e. The molecule has 0 fully saturated rings. The van der Waals surface area contributed by atoms with Gasteiger partial charge in [-0.3, -0.25) is 0 Å². The summed E-state index contributed by atoms with van der Waals surface area (Å²) in [5.41, 5.74) is 0.971. The van der Waals surface area contributed by atoms with Gasteiger partial charge in [0.2, 0.25) is 0 Å². The van der Waals surface area contributed by atoms with Crippen LogP contribution in [0.5, 0.6) is 0 Å². The number of hydrogen-bond acceptors (Lipinski definition) is 4. The summed E-state index contributed by atoms with van der Waals surface area (Å²) >= 11 is 13.0. The fourth-order valence-corrected chi connectivity index (χ4v) is 2.40. The summed E-state index contributed by atoms with van der Waals surface area (Å²) in [5, 5.41) is 13.4. The Balaban J connectivity index is 2.08. The quantitative estimate of drug-likeness (QED) is 0.928. The number of nitrogens with one attached hydrogen (secondary N) is 1. The molecule has 0 aliphatic carbocycles. The van der Waals surface area contributed by atoms with Crippen LogP contribution < -0.4 is 5.32 Å². The molecule has 0 bridgehead atoms. The molecule has 1 aromatic carbocycles. The Bertz CT molecular complexity index is 574. The van der Waals surface area contributed by atoms with Gasteiger partial charge in [-0.05, 0) is 11.6 Å². The molecule has 0 atom stereocenters. The summed E-state index contributed by atoms with van der Waals surface area (Å²) in [6.45, 7) is 0.550. The summed E-state index contributed by atoms with van der Waals surface area (Å²) in [6, 6.07) is 9.53. The molecule has 0 spiro atoms. The van der Waals surface area contributed by atoms with Gasteiger partial charge in [0.1, 0.15) is 10.9 Å². The van der Waals surface area contributed by atoms with Crippen LogP contribution in [-0.4, -0.2) is 4.98 Å². The van der Waals surface area contributed by atoms with Crippen molar-refractivity contribution >= 4 is 39.7 Å². The largest absolute Gasteiger partial charge is 0.357 e. The van der Waals surface area contributed by atoms with E-state index in [2.05, 4.69) is 10.3 Å². The molecule has 2 rings (SSSR count). The number of aromatic nitrogens is 1. The molecule has 0 amide bonds. The molecule has 6 heteroatoms. The van der Waals surface area contributed by atoms with Gasteiger partial charge in [0.25, 0.3) is 0 Å². The minimum absolute atomic E-state index is 0.235. The van der Waals surface area contributed by atoms with E-state index in [0.29, 0.717) is 21.6 Å². The first kappa shape index (κ1) is 12.2. The van der Waals surface area contributed by atoms with Crippen LogP contribution in [-0.2, 0) is 6.54 Å². The Morgan fingerprint density at radius 1 is 1.35 bits per heavy atom. The molecule has 2 aromatic rings. The summed E-state index contributed by atoms with van der Waals surface area (Å²) in [6.07, 6.45) is 0. The topological polar surface area (TPSA) is 48.7 Å². The van der Waals surface area contributed by atoms with E-state index >= 15 is 0 Å². The number of anilines is 1. The average molecular weight is 284 g/mol. The first-order valence-electron chi connectivity index (χ1n) is 4.74. The van der Waals surface area contributed by atoms with E-state index < -0.39 is 0 Å². The monoisotopic (exact) mass is 283 g/mol. The molecule has 0 saturated heterocycles. The Hall–Kier alpha value is -1.28. The molecule has 3 nitrogen and oxygen atoms in total. The number of rotatable bonds is 3. The third-order valence-electron chi connectivity index (χ3n) is 2.08. The fraction of sp³-hybridized carbons (Fsp3) is 0.0909. The van der Waals surface area contributed by atoms with Gasteiger partial charge >= 0.3 is 0 Å². The molecule has 1 N–H and O–H groups in total. The molecule has 0 saturated carbocycles. The normalized spacial score (nSPS) is 9.94. The van der Waals surface area contributed by atoms with E-state index in [1.807, 2.05) is 30.3 Å². The van der Waals surface area contributed by atoms with Gasteiger partial charge in [-0.1, -0.05) is 52.7 Å². The van der Waals surface area contributed by atoms with Gasteiger partial charge < -0.3 is 5.32 Å². The van der Waals surface area contributed by atoms with Crippen molar-refractivity contribution in [2.45, 2.75) is 6.54 Å². The number of benzene rings is 1. The van der Waals surface area contributed by atoms with E-state index in [1.54, 1.807) is 0 Å². The van der Waals surface area contributed by atoms with Crippen molar-refractivity contribution < 1.29 is 0 Å². The standard InChI is InChI=1S/C11H7Cl2N3S/c12-8-4-2-1-3-7(8)6-15-11-16-10(13)9(5-14)17-11/h1-4H,6H2,(H,15,16). The summed E-state index contributed by atoms with van der Waals surface area (Å²) < 4.78 is 0. The highest BCUT2D eigenvalue weighted by molar-refractivity contribution is 7.16. The lowest BCUT2D eigenvalue weighted by molar-refractivity contribution is 1.13. The molecule has 17 heavy (non-hydrogen) atoms. The second kappa shape index (κ2) is 5.37. The molecule has 0 unspecified atom stereocenters. The van der Waals surface area contributed by atoms with Crippen molar-refractivity contribution in [2.75, 3.05) is 5.32 Å². The van der Waals surface area contributed by atoms with Gasteiger partial charge in [-0.2, -0.15) is 5.26 Å². The maximum absolute atomic E-state index is 8.75. The molecule has 1 aromatic heterocycles. The Morgan fingerprint density at radius 3 is 2.76 bits per heavy atom. The molecule has 86 valence electrons. The van der Waals surface area contributed by atoms with E-state index in [1.165, 1.54) is 11.3 Å². The molecule has 0 aliphatic heterocycles. The highest BCUT2D eigenvalue weighted by Crippen LogP contribution is 2.26. The van der Waals surface area contributed by atoms with E-state index in [-0.39, 0.29) is 5.15 Å². The average Bonchev–Trinajstić information content (AvgIpc) is 2.69. The lowest BCUT2D eigenvalue weighted by Crippen LogP contribution is -1.99. The summed E-state index contributed by atoms with van der Waals surface area (Å²) in [4.78, 5) is 4.44. The van der Waals surface area contributed by atoms with Crippen molar-refractivity contribution in [3.05, 3.63) is 44.9 Å². The number of nitrogens with zero attached hydrogens (tertiary/aromatic N) is 2. The van der Waals surface area contributed by atoms with Crippen molar-refractivity contribution in [2.24, 2.45) is 0 Å². The lowest BCUT2D eigenvalue weighted by Gasteiger charge is -2.04. The minimum Gasteiger partial charge on any atom is -0.357 e. The van der Waals surface area contributed by atoms with Crippen LogP contribution in [0.2, 0.25) is 10.2 Å². The van der Waals surface area contributed by atoms with Crippen molar-refractivity contribution in [3.8, 4) is 6.07 Å². The van der Waals surface area contributed by atoms with Crippen LogP contribution in [0.15, 0.2) is 24.3 Å². The summed E-state index contributed by atoms with van der Waals surface area (Å²) in [7, 11) is 0. The fourth-order valence-electron chi connectivity index (χ4n) is 1.26. The Kier molecular flexibility index (Phi) is 3.85. The number of thiazole rings is 1. The zero-order chi connectivity index (χ0) is 12.3. The maximum Gasteiger partial charge on any atom is 0.185 e. The SMILES string of the molecule is N#Cc1sc(NCc2ccccc2Cl)nc1Cl. The zero-order valence-corrected chi connectivity index (χ0v) is 10.9. The Labute approximate surface area is 113 Å². The molecular formula is C11H7Cl2N3S. The third-order valence-corrected chi connectivity index (χ3v) is 3.75. The van der Waals surface area contributed by atoms with Crippen LogP contribution in [0.4, 0.5) is 5.13 Å². The predicted octanol–water partition coefficient (Wildman–Crippen LogP) is 3.93. The zero-order valence-electron chi connectivity index (χ0n) is 8.58. The van der Waals surface area contributed by atoms with Gasteiger partial charge in [0.15, 0.2) is 10.3 Å². The van der Waals surface area contributed by atoms with Crippen LogP contribution in [0.1, 0.15) is 10.4 Å². The predicted molar refractivity (Wildman–Crippen MR) is 70.6 cm³/mol. The van der Waals surface area contributed by atoms with Crippen molar-refractivity contribution in [1.29, 1.82) is 5.26 Å². The second-order valence-corrected chi connectivity index (χ2v) is 4.96. The van der Waals surface area contributed by atoms with Gasteiger partial charge in [-0.15, -0.1) is 0 Å². The first-order chi connectivity index (χ1) is 8.20. The number of halogens is 2. The lowest BCUT2D eigenvalue weighted by atomic mass is 10.2. The van der Waals surface area contributed by atoms with Gasteiger partial charge in [-0.25, -0.2) is 4.98 Å². The number of hydrogen-bond donors (Lipinski definition) is 1. The first-order valence-corrected chi connectivity index (χ1v) is 6.31. The minimum atomic E-state index is 0.235. The van der Waals surface area contributed by atoms with Crippen LogP contribution in [0.3, 0.4) is 0 Å². The molecule has 0 aliphatic rings. The van der Waals surface area contributed by atoms with Gasteiger partial charge in [0, 0.05) is 11.6 Å². The van der Waals surface area contributed by atoms with Crippen LogP contribution >= 0.6 is 34.5 Å². The van der Waals surface area contributed by atoms with Crippen LogP contribution in [0, 0.1) is 11.3 Å². The van der Waals surface area contributed by atoms with Crippen molar-refractivity contribution in [1.82, 2.24) is 4.98 Å². The third kappa shape index (κ3) is 2.89. The number of nitriles is 1. The molecular weight excluding hydrogens is 277 g/mol. The van der Waals surface area contributed by atoms with Crippen LogP contribution in [0.25, 0.3) is 0 Å². The summed E-state index contributed by atoms with van der Waals surface area (Å²) in [5.74, 6) is 0. The van der Waals surface area contributed by atoms with E-state index in [0.717, 1.165) is 5.56 Å². The maximum atomic E-state index is 8.75. The Morgan fingerprint density at radius 2 is 2.12 bits per heavy atom. The molecule has 1 heterocycles. The van der Waals surface area contributed by atoms with E-state index in [4.69, 9.17) is 28.5 Å². The van der Waals surface area contributed by atoms with E-state index in [9.17, 15) is 0 Å². The van der Waals surface area contributed by atoms with Crippen molar-refractivity contribution in [3.63, 3.8) is 0 Å². The molecule has 0 radical (unpaired) electrons.